The third-order valence-electron chi connectivity index (χ3n) is 10.6. The molecule has 14 heteroatoms. The molecule has 0 bridgehead atoms. The number of rotatable bonds is 8. The van der Waals surface area contributed by atoms with Crippen molar-refractivity contribution in [3.63, 3.8) is 0 Å². The predicted octanol–water partition coefficient (Wildman–Crippen LogP) is 5.99. The van der Waals surface area contributed by atoms with Crippen molar-refractivity contribution in [3.05, 3.63) is 71.3 Å². The van der Waals surface area contributed by atoms with E-state index in [-0.39, 0.29) is 35.7 Å². The minimum Gasteiger partial charge on any atom is -0.465 e. The van der Waals surface area contributed by atoms with E-state index < -0.39 is 24.3 Å². The molecule has 2 aliphatic heterocycles. The summed E-state index contributed by atoms with van der Waals surface area (Å²) < 4.78 is 4.77. The Kier molecular flexibility index (Phi) is 10.4. The lowest BCUT2D eigenvalue weighted by Gasteiger charge is -2.29. The zero-order valence-corrected chi connectivity index (χ0v) is 31.6. The summed E-state index contributed by atoms with van der Waals surface area (Å²) in [5.41, 5.74) is 4.90. The summed E-state index contributed by atoms with van der Waals surface area (Å²) in [6, 6.07) is 13.8. The molecule has 5 N–H and O–H groups in total. The molecule has 0 radical (unpaired) electrons. The van der Waals surface area contributed by atoms with Gasteiger partial charge in [0.1, 0.15) is 23.7 Å². The molecule has 0 saturated carbocycles. The number of hydrogen-bond donors (Lipinski definition) is 5. The molecule has 4 atom stereocenters. The van der Waals surface area contributed by atoms with Gasteiger partial charge in [0.2, 0.25) is 11.8 Å². The summed E-state index contributed by atoms with van der Waals surface area (Å²) in [5.74, 6) is 7.24. The van der Waals surface area contributed by atoms with Gasteiger partial charge in [0.15, 0.2) is 0 Å². The van der Waals surface area contributed by atoms with Crippen LogP contribution in [0.15, 0.2) is 48.5 Å². The second kappa shape index (κ2) is 15.3. The van der Waals surface area contributed by atoms with Crippen LogP contribution in [-0.4, -0.2) is 91.1 Å². The number of hydrogen-bond acceptors (Lipinski definition) is 7. The van der Waals surface area contributed by atoms with Gasteiger partial charge in [0, 0.05) is 29.6 Å². The number of H-pyrrole nitrogens is 2. The molecule has 1 unspecified atom stereocenters. The van der Waals surface area contributed by atoms with Gasteiger partial charge in [-0.1, -0.05) is 51.7 Å². The topological polar surface area (TPSA) is 186 Å². The molecular weight excluding hydrogens is 701 g/mol. The number of carbonyl (C=O) groups is 4. The Morgan fingerprint density at radius 2 is 1.35 bits per heavy atom. The van der Waals surface area contributed by atoms with Gasteiger partial charge in [-0.25, -0.2) is 19.6 Å². The first-order chi connectivity index (χ1) is 26.4. The van der Waals surface area contributed by atoms with E-state index in [9.17, 15) is 24.3 Å². The van der Waals surface area contributed by atoms with Crippen LogP contribution in [0.25, 0.3) is 32.8 Å². The van der Waals surface area contributed by atoms with Gasteiger partial charge in [0.25, 0.3) is 0 Å². The normalized spacial score (nSPS) is 18.2. The van der Waals surface area contributed by atoms with Crippen LogP contribution in [-0.2, 0) is 14.3 Å². The maximum atomic E-state index is 13.6. The van der Waals surface area contributed by atoms with Crippen LogP contribution in [0, 0.1) is 23.7 Å². The average molecular weight is 747 g/mol. The van der Waals surface area contributed by atoms with Crippen LogP contribution in [0.4, 0.5) is 9.59 Å². The lowest BCUT2D eigenvalue weighted by molar-refractivity contribution is -0.136. The number of benzene rings is 3. The number of ether oxygens (including phenoxy) is 1. The standard InChI is InChI=1S/C41H46N8O6/c1-22(2)33(46-40(52)53)38(50)48-18-6-8-31(48)36-42-28-16-13-25(21-30(28)44-36)11-10-24-12-15-27-26(20-24)14-17-29-35(27)45-37(43-29)32-9-7-19-49(32)39(51)34(23(3)4)47-41(54)55-5/h12-17,20-23,31-34,46H,6-9,18-19H2,1-5H3,(H,42,44)(H,43,45)(H,47,54)(H,52,53)/t31-,32?,33-,34-/m0/s1. The zero-order chi connectivity index (χ0) is 39.0. The van der Waals surface area contributed by atoms with E-state index in [1.54, 1.807) is 4.90 Å². The molecule has 7 rings (SSSR count). The highest BCUT2D eigenvalue weighted by molar-refractivity contribution is 6.04. The number of aromatic nitrogens is 4. The third-order valence-corrected chi connectivity index (χ3v) is 10.6. The van der Waals surface area contributed by atoms with Gasteiger partial charge in [-0.2, -0.15) is 0 Å². The molecule has 14 nitrogen and oxygen atoms in total. The van der Waals surface area contributed by atoms with Crippen molar-refractivity contribution in [2.24, 2.45) is 11.8 Å². The third kappa shape index (κ3) is 7.51. The number of imidazole rings is 2. The van der Waals surface area contributed by atoms with Crippen LogP contribution in [0.5, 0.6) is 0 Å². The van der Waals surface area contributed by atoms with Gasteiger partial charge in [-0.05, 0) is 79.3 Å². The highest BCUT2D eigenvalue weighted by Gasteiger charge is 2.39. The van der Waals surface area contributed by atoms with E-state index >= 15 is 0 Å². The Hall–Kier alpha value is -6.10. The van der Waals surface area contributed by atoms with Crippen molar-refractivity contribution in [3.8, 4) is 11.8 Å². The van der Waals surface area contributed by atoms with Crippen molar-refractivity contribution in [2.45, 2.75) is 77.5 Å². The van der Waals surface area contributed by atoms with E-state index in [2.05, 4.69) is 32.4 Å². The number of carboxylic acid groups (broad SMARTS) is 1. The minimum absolute atomic E-state index is 0.118. The first-order valence-electron chi connectivity index (χ1n) is 18.8. The van der Waals surface area contributed by atoms with Crippen molar-refractivity contribution in [1.82, 2.24) is 40.4 Å². The second-order valence-electron chi connectivity index (χ2n) is 15.0. The predicted molar refractivity (Wildman–Crippen MR) is 207 cm³/mol. The summed E-state index contributed by atoms with van der Waals surface area (Å²) in [7, 11) is 1.29. The van der Waals surface area contributed by atoms with Crippen LogP contribution >= 0.6 is 0 Å². The highest BCUT2D eigenvalue weighted by atomic mass is 16.5. The monoisotopic (exact) mass is 746 g/mol. The Morgan fingerprint density at radius 3 is 1.96 bits per heavy atom. The van der Waals surface area contributed by atoms with Crippen molar-refractivity contribution < 1.29 is 29.0 Å². The lowest BCUT2D eigenvalue weighted by Crippen LogP contribution is -2.51. The molecule has 286 valence electrons. The number of carbonyl (C=O) groups excluding carboxylic acids is 3. The minimum atomic E-state index is -1.22. The number of fused-ring (bicyclic) bond motifs is 4. The molecule has 55 heavy (non-hydrogen) atoms. The molecule has 2 saturated heterocycles. The van der Waals surface area contributed by atoms with E-state index in [1.165, 1.54) is 7.11 Å². The summed E-state index contributed by atoms with van der Waals surface area (Å²) in [5, 5.41) is 16.3. The van der Waals surface area contributed by atoms with Crippen LogP contribution < -0.4 is 10.6 Å². The fourth-order valence-electron chi connectivity index (χ4n) is 7.80. The number of alkyl carbamates (subject to hydrolysis) is 1. The van der Waals surface area contributed by atoms with E-state index in [0.717, 1.165) is 75.5 Å². The number of nitrogens with zero attached hydrogens (tertiary/aromatic N) is 4. The molecule has 3 aromatic carbocycles. The van der Waals surface area contributed by atoms with Gasteiger partial charge in [0.05, 0.1) is 41.3 Å². The number of amides is 4. The number of nitrogens with one attached hydrogen (secondary N) is 4. The maximum absolute atomic E-state index is 13.6. The summed E-state index contributed by atoms with van der Waals surface area (Å²) >= 11 is 0. The Morgan fingerprint density at radius 1 is 0.782 bits per heavy atom. The van der Waals surface area contributed by atoms with Crippen molar-refractivity contribution in [2.75, 3.05) is 20.2 Å². The quantitative estimate of drug-likeness (QED) is 0.120. The Bertz CT molecular complexity index is 2350. The smallest absolute Gasteiger partial charge is 0.407 e. The second-order valence-corrected chi connectivity index (χ2v) is 15.0. The Balaban J connectivity index is 1.09. The molecule has 2 fully saturated rings. The number of aromatic amines is 2. The van der Waals surface area contributed by atoms with E-state index in [1.807, 2.05) is 81.1 Å². The van der Waals surface area contributed by atoms with Crippen LogP contribution in [0.3, 0.4) is 0 Å². The summed E-state index contributed by atoms with van der Waals surface area (Å²) in [4.78, 5) is 70.6. The maximum Gasteiger partial charge on any atom is 0.407 e. The lowest BCUT2D eigenvalue weighted by atomic mass is 10.0. The first kappa shape index (κ1) is 37.2. The van der Waals surface area contributed by atoms with E-state index in [0.29, 0.717) is 18.9 Å². The molecule has 4 amide bonds. The SMILES string of the molecule is COC(=O)N[C@H](C(=O)N1CCCC1c1nc2c(ccc3cc(C#Cc4ccc5[nH]c([C@@H]6CCCN6C(=O)[C@@H](NC(=O)O)C(C)C)nc5c4)ccc32)[nH]1)C(C)C. The zero-order valence-electron chi connectivity index (χ0n) is 31.6. The Labute approximate surface area is 318 Å². The fraction of sp³-hybridized carbons (Fsp3) is 0.415. The number of methoxy groups -OCH3 is 1. The number of likely N-dealkylation sites (tertiary alicyclic amines) is 2. The van der Waals surface area contributed by atoms with Crippen molar-refractivity contribution in [1.29, 1.82) is 0 Å². The molecule has 4 heterocycles. The molecular formula is C41H46N8O6. The van der Waals surface area contributed by atoms with Gasteiger partial charge >= 0.3 is 12.2 Å². The first-order valence-corrected chi connectivity index (χ1v) is 18.8. The van der Waals surface area contributed by atoms with Crippen molar-refractivity contribution >= 4 is 56.8 Å². The van der Waals surface area contributed by atoms with Gasteiger partial charge < -0.3 is 40.2 Å². The average Bonchev–Trinajstić information content (AvgIpc) is 3.99. The van der Waals surface area contributed by atoms with Gasteiger partial charge in [-0.15, -0.1) is 0 Å². The largest absolute Gasteiger partial charge is 0.465 e. The van der Waals surface area contributed by atoms with Gasteiger partial charge in [-0.3, -0.25) is 9.59 Å². The highest BCUT2D eigenvalue weighted by Crippen LogP contribution is 2.35. The molecule has 0 aliphatic carbocycles. The van der Waals surface area contributed by atoms with E-state index in [4.69, 9.17) is 14.7 Å². The molecule has 2 aliphatic rings. The van der Waals surface area contributed by atoms with Crippen LogP contribution in [0.1, 0.15) is 88.2 Å². The fourth-order valence-corrected chi connectivity index (χ4v) is 7.80. The summed E-state index contributed by atoms with van der Waals surface area (Å²) in [6.07, 6.45) is 1.28. The molecule has 5 aromatic rings. The molecule has 2 aromatic heterocycles. The summed E-state index contributed by atoms with van der Waals surface area (Å²) in [6.45, 7) is 8.57. The van der Waals surface area contributed by atoms with Crippen LogP contribution in [0.2, 0.25) is 0 Å². The molecule has 0 spiro atoms.